The maximum Gasteiger partial charge on any atom is 0.320 e. The molecule has 0 aromatic heterocycles. The van der Waals surface area contributed by atoms with E-state index in [-0.39, 0.29) is 0 Å². The molecule has 4 N–H and O–H groups in total. The van der Waals surface area contributed by atoms with Crippen molar-refractivity contribution in [3.8, 4) is 0 Å². The minimum atomic E-state index is -0.860. The first-order chi connectivity index (χ1) is 8.04. The number of amides is 1. The molecular weight excluding hydrogens is 220 g/mol. The number of aliphatic carboxylic acids is 1. The fourth-order valence-electron chi connectivity index (χ4n) is 1.54. The standard InChI is InChI=1S/C12H16N2O3/c1-14-10(12(16)17)7-4-8-2-5-9(6-3-8)11(13)15/h2-3,5-6,10,14H,4,7H2,1H3,(H2,13,15)(H,16,17)/t10-/m0/s1. The number of likely N-dealkylation sites (N-methyl/N-ethyl adjacent to an activating group) is 1. The Bertz CT molecular complexity index is 401. The van der Waals surface area contributed by atoms with Crippen LogP contribution < -0.4 is 11.1 Å². The van der Waals surface area contributed by atoms with Crippen LogP contribution in [0.3, 0.4) is 0 Å². The summed E-state index contributed by atoms with van der Waals surface area (Å²) in [6.07, 6.45) is 1.14. The minimum Gasteiger partial charge on any atom is -0.480 e. The average Bonchev–Trinajstić information content (AvgIpc) is 2.30. The fourth-order valence-corrected chi connectivity index (χ4v) is 1.54. The molecule has 5 heteroatoms. The second-order valence-electron chi connectivity index (χ2n) is 3.78. The highest BCUT2D eigenvalue weighted by atomic mass is 16.4. The van der Waals surface area contributed by atoms with Crippen molar-refractivity contribution in [2.24, 2.45) is 5.73 Å². The van der Waals surface area contributed by atoms with E-state index in [2.05, 4.69) is 5.32 Å². The van der Waals surface area contributed by atoms with Gasteiger partial charge in [0, 0.05) is 5.56 Å². The molecule has 0 aliphatic rings. The van der Waals surface area contributed by atoms with Crippen LogP contribution in [0.15, 0.2) is 24.3 Å². The molecule has 17 heavy (non-hydrogen) atoms. The lowest BCUT2D eigenvalue weighted by atomic mass is 10.0. The number of nitrogens with two attached hydrogens (primary N) is 1. The maximum absolute atomic E-state index is 10.8. The lowest BCUT2D eigenvalue weighted by Gasteiger charge is -2.10. The third kappa shape index (κ3) is 3.88. The molecule has 0 unspecified atom stereocenters. The van der Waals surface area contributed by atoms with Gasteiger partial charge in [0.2, 0.25) is 5.91 Å². The summed E-state index contributed by atoms with van der Waals surface area (Å²) in [6, 6.07) is 6.31. The smallest absolute Gasteiger partial charge is 0.320 e. The highest BCUT2D eigenvalue weighted by molar-refractivity contribution is 5.92. The van der Waals surface area contributed by atoms with Crippen LogP contribution in [0.1, 0.15) is 22.3 Å². The van der Waals surface area contributed by atoms with Gasteiger partial charge in [0.25, 0.3) is 0 Å². The number of benzene rings is 1. The van der Waals surface area contributed by atoms with E-state index in [1.807, 2.05) is 0 Å². The third-order valence-electron chi connectivity index (χ3n) is 2.61. The Morgan fingerprint density at radius 1 is 1.35 bits per heavy atom. The molecule has 1 atom stereocenters. The quantitative estimate of drug-likeness (QED) is 0.666. The number of rotatable bonds is 6. The molecule has 0 saturated heterocycles. The van der Waals surface area contributed by atoms with E-state index in [1.165, 1.54) is 0 Å². The van der Waals surface area contributed by atoms with E-state index in [9.17, 15) is 9.59 Å². The van der Waals surface area contributed by atoms with Gasteiger partial charge < -0.3 is 16.2 Å². The van der Waals surface area contributed by atoms with Crippen molar-refractivity contribution in [1.82, 2.24) is 5.32 Å². The molecule has 0 bridgehead atoms. The van der Waals surface area contributed by atoms with Crippen LogP contribution in [0.5, 0.6) is 0 Å². The number of hydrogen-bond acceptors (Lipinski definition) is 3. The van der Waals surface area contributed by atoms with Gasteiger partial charge in [-0.3, -0.25) is 9.59 Å². The largest absolute Gasteiger partial charge is 0.480 e. The summed E-state index contributed by atoms with van der Waals surface area (Å²) in [7, 11) is 1.62. The molecule has 0 radical (unpaired) electrons. The van der Waals surface area contributed by atoms with Gasteiger partial charge in [0.15, 0.2) is 0 Å². The Hall–Kier alpha value is -1.88. The first-order valence-corrected chi connectivity index (χ1v) is 5.33. The van der Waals surface area contributed by atoms with E-state index in [0.717, 1.165) is 5.56 Å². The zero-order valence-electron chi connectivity index (χ0n) is 9.64. The van der Waals surface area contributed by atoms with Crippen molar-refractivity contribution < 1.29 is 14.7 Å². The first kappa shape index (κ1) is 13.2. The molecule has 0 heterocycles. The van der Waals surface area contributed by atoms with Crippen molar-refractivity contribution in [3.05, 3.63) is 35.4 Å². The highest BCUT2D eigenvalue weighted by Crippen LogP contribution is 2.08. The van der Waals surface area contributed by atoms with Gasteiger partial charge in [-0.25, -0.2) is 0 Å². The van der Waals surface area contributed by atoms with Crippen molar-refractivity contribution in [3.63, 3.8) is 0 Å². The number of nitrogens with one attached hydrogen (secondary N) is 1. The van der Waals surface area contributed by atoms with Crippen LogP contribution >= 0.6 is 0 Å². The van der Waals surface area contributed by atoms with Crippen LogP contribution in [0.4, 0.5) is 0 Å². The number of aryl methyl sites for hydroxylation is 1. The molecule has 1 aromatic carbocycles. The monoisotopic (exact) mass is 236 g/mol. The number of carboxylic acid groups (broad SMARTS) is 1. The SMILES string of the molecule is CN[C@@H](CCc1ccc(C(N)=O)cc1)C(=O)O. The van der Waals surface area contributed by atoms with Gasteiger partial charge in [-0.2, -0.15) is 0 Å². The van der Waals surface area contributed by atoms with E-state index in [4.69, 9.17) is 10.8 Å². The van der Waals surface area contributed by atoms with E-state index in [0.29, 0.717) is 18.4 Å². The molecule has 1 rings (SSSR count). The molecule has 92 valence electrons. The lowest BCUT2D eigenvalue weighted by molar-refractivity contribution is -0.139. The molecule has 5 nitrogen and oxygen atoms in total. The molecule has 0 fully saturated rings. The number of carbonyl (C=O) groups excluding carboxylic acids is 1. The molecule has 0 aliphatic carbocycles. The number of primary amides is 1. The summed E-state index contributed by atoms with van der Waals surface area (Å²) in [5.41, 5.74) is 6.56. The van der Waals surface area contributed by atoms with Gasteiger partial charge in [-0.1, -0.05) is 12.1 Å². The van der Waals surface area contributed by atoms with Crippen LogP contribution in [0.2, 0.25) is 0 Å². The normalized spacial score (nSPS) is 12.1. The van der Waals surface area contributed by atoms with Gasteiger partial charge in [0.1, 0.15) is 6.04 Å². The van der Waals surface area contributed by atoms with E-state index in [1.54, 1.807) is 31.3 Å². The van der Waals surface area contributed by atoms with Gasteiger partial charge >= 0.3 is 5.97 Å². The summed E-state index contributed by atoms with van der Waals surface area (Å²) in [4.78, 5) is 21.6. The molecule has 0 spiro atoms. The van der Waals surface area contributed by atoms with Crippen LogP contribution in [-0.2, 0) is 11.2 Å². The number of hydrogen-bond donors (Lipinski definition) is 3. The second kappa shape index (κ2) is 6.00. The Balaban J connectivity index is 2.58. The summed E-state index contributed by atoms with van der Waals surface area (Å²) in [5.74, 6) is -1.32. The van der Waals surface area contributed by atoms with Gasteiger partial charge in [-0.15, -0.1) is 0 Å². The second-order valence-corrected chi connectivity index (χ2v) is 3.78. The predicted molar refractivity (Wildman–Crippen MR) is 63.8 cm³/mol. The molecular formula is C12H16N2O3. The Morgan fingerprint density at radius 2 is 1.94 bits per heavy atom. The average molecular weight is 236 g/mol. The van der Waals surface area contributed by atoms with Crippen LogP contribution in [0.25, 0.3) is 0 Å². The van der Waals surface area contributed by atoms with Crippen molar-refractivity contribution >= 4 is 11.9 Å². The predicted octanol–water partition coefficient (Wildman–Crippen LogP) is 0.391. The van der Waals surface area contributed by atoms with Crippen molar-refractivity contribution in [2.75, 3.05) is 7.05 Å². The molecule has 1 aromatic rings. The summed E-state index contributed by atoms with van der Waals surface area (Å²) in [6.45, 7) is 0. The Labute approximate surface area is 99.6 Å². The van der Waals surface area contributed by atoms with Crippen LogP contribution in [0, 0.1) is 0 Å². The summed E-state index contributed by atoms with van der Waals surface area (Å²) in [5, 5.41) is 11.6. The lowest BCUT2D eigenvalue weighted by Crippen LogP contribution is -2.34. The zero-order valence-corrected chi connectivity index (χ0v) is 9.64. The third-order valence-corrected chi connectivity index (χ3v) is 2.61. The Kier molecular flexibility index (Phi) is 4.66. The fraction of sp³-hybridized carbons (Fsp3) is 0.333. The van der Waals surface area contributed by atoms with Crippen molar-refractivity contribution in [1.29, 1.82) is 0 Å². The molecule has 0 aliphatic heterocycles. The first-order valence-electron chi connectivity index (χ1n) is 5.33. The molecule has 1 amide bonds. The minimum absolute atomic E-state index is 0.456. The van der Waals surface area contributed by atoms with Crippen molar-refractivity contribution in [2.45, 2.75) is 18.9 Å². The van der Waals surface area contributed by atoms with Crippen LogP contribution in [-0.4, -0.2) is 30.1 Å². The number of carboxylic acids is 1. The summed E-state index contributed by atoms with van der Waals surface area (Å²) < 4.78 is 0. The number of carbonyl (C=O) groups is 2. The molecule has 0 saturated carbocycles. The topological polar surface area (TPSA) is 92.4 Å². The highest BCUT2D eigenvalue weighted by Gasteiger charge is 2.14. The van der Waals surface area contributed by atoms with Gasteiger partial charge in [0.05, 0.1) is 0 Å². The van der Waals surface area contributed by atoms with E-state index < -0.39 is 17.9 Å². The maximum atomic E-state index is 10.8. The zero-order chi connectivity index (χ0) is 12.8. The summed E-state index contributed by atoms with van der Waals surface area (Å²) >= 11 is 0. The van der Waals surface area contributed by atoms with Gasteiger partial charge in [-0.05, 0) is 37.6 Å². The van der Waals surface area contributed by atoms with E-state index >= 15 is 0 Å². The Morgan fingerprint density at radius 3 is 2.35 bits per heavy atom.